The maximum atomic E-state index is 13.8. The van der Waals surface area contributed by atoms with E-state index in [1.165, 1.54) is 17.0 Å². The van der Waals surface area contributed by atoms with Crippen molar-refractivity contribution in [3.8, 4) is 0 Å². The zero-order valence-electron chi connectivity index (χ0n) is 21.7. The Morgan fingerprint density at radius 2 is 1.80 bits per heavy atom. The predicted molar refractivity (Wildman–Crippen MR) is 142 cm³/mol. The van der Waals surface area contributed by atoms with Crippen LogP contribution < -0.4 is 5.32 Å². The van der Waals surface area contributed by atoms with Crippen molar-refractivity contribution in [2.45, 2.75) is 53.6 Å². The molecular formula is C27H29ClF2N2O8S. The van der Waals surface area contributed by atoms with Crippen LogP contribution in [0.5, 0.6) is 0 Å². The number of β-amino-alcohol motifs (C(OH)–C–C–N with tert-alkyl or cyclic N) is 1. The number of hydrogen-bond acceptors (Lipinski definition) is 8. The summed E-state index contributed by atoms with van der Waals surface area (Å²) in [6.07, 6.45) is -2.91. The molecule has 1 saturated heterocycles. The van der Waals surface area contributed by atoms with Crippen LogP contribution in [0.4, 0.5) is 19.3 Å². The maximum Gasteiger partial charge on any atom is 0.410 e. The molecule has 41 heavy (non-hydrogen) atoms. The van der Waals surface area contributed by atoms with Crippen LogP contribution in [0.2, 0.25) is 5.02 Å². The van der Waals surface area contributed by atoms with E-state index < -0.39 is 68.4 Å². The summed E-state index contributed by atoms with van der Waals surface area (Å²) in [7, 11) is -4.13. The first-order valence-electron chi connectivity index (χ1n) is 13.1. The molecule has 0 aromatic heterocycles. The predicted octanol–water partition coefficient (Wildman–Crippen LogP) is 2.74. The number of hydrogen-bond donors (Lipinski definition) is 4. The van der Waals surface area contributed by atoms with Gasteiger partial charge >= 0.3 is 6.09 Å². The molecule has 3 aliphatic rings. The summed E-state index contributed by atoms with van der Waals surface area (Å²) in [6, 6.07) is 6.47. The highest BCUT2D eigenvalue weighted by Gasteiger charge is 2.60. The zero-order valence-corrected chi connectivity index (χ0v) is 23.2. The summed E-state index contributed by atoms with van der Waals surface area (Å²) in [4.78, 5) is 25.5. The van der Waals surface area contributed by atoms with E-state index in [0.717, 1.165) is 24.3 Å². The molecule has 14 heteroatoms. The minimum Gasteiger partial charge on any atom is -0.448 e. The Balaban J connectivity index is 1.33. The lowest BCUT2D eigenvalue weighted by atomic mass is 9.70. The molecule has 1 aliphatic heterocycles. The number of nitrogens with one attached hydrogen (secondary N) is 1. The van der Waals surface area contributed by atoms with Crippen molar-refractivity contribution in [2.24, 2.45) is 11.8 Å². The van der Waals surface area contributed by atoms with Gasteiger partial charge in [0.05, 0.1) is 33.9 Å². The first-order chi connectivity index (χ1) is 19.3. The summed E-state index contributed by atoms with van der Waals surface area (Å²) in [5, 5.41) is 34.5. The first kappa shape index (κ1) is 29.6. The Labute approximate surface area is 239 Å². The number of cyclic esters (lactones) is 1. The fourth-order valence-electron chi connectivity index (χ4n) is 6.32. The van der Waals surface area contributed by atoms with Crippen molar-refractivity contribution in [1.82, 2.24) is 4.90 Å². The van der Waals surface area contributed by atoms with Crippen LogP contribution in [0.3, 0.4) is 0 Å². The lowest BCUT2D eigenvalue weighted by Gasteiger charge is -2.46. The van der Waals surface area contributed by atoms with Crippen LogP contribution >= 0.6 is 11.6 Å². The lowest BCUT2D eigenvalue weighted by Crippen LogP contribution is -2.60. The average molecular weight is 615 g/mol. The van der Waals surface area contributed by atoms with Crippen LogP contribution in [0.1, 0.15) is 36.0 Å². The molecule has 2 aromatic carbocycles. The fraction of sp³-hybridized carbons (Fsp3) is 0.481. The van der Waals surface area contributed by atoms with Crippen LogP contribution in [-0.2, 0) is 14.6 Å². The Hall–Kier alpha value is -2.84. The number of amides is 2. The number of rotatable bonds is 8. The van der Waals surface area contributed by atoms with Crippen LogP contribution in [0, 0.1) is 23.5 Å². The molecule has 0 radical (unpaired) electrons. The summed E-state index contributed by atoms with van der Waals surface area (Å²) in [5.74, 6) is -4.33. The molecule has 3 fully saturated rings. The topological polar surface area (TPSA) is 153 Å². The van der Waals surface area contributed by atoms with Gasteiger partial charge in [-0.05, 0) is 67.9 Å². The van der Waals surface area contributed by atoms with E-state index in [-0.39, 0.29) is 53.7 Å². The lowest BCUT2D eigenvalue weighted by molar-refractivity contribution is -0.177. The quantitative estimate of drug-likeness (QED) is 0.354. The molecule has 2 saturated carbocycles. The average Bonchev–Trinajstić information content (AvgIpc) is 3.37. The number of ether oxygens (including phenoxy) is 1. The first-order valence-corrected chi connectivity index (χ1v) is 15.0. The van der Waals surface area contributed by atoms with Crippen LogP contribution in [0.25, 0.3) is 0 Å². The standard InChI is InChI=1S/C27H29ClF2N2O8S/c28-19-5-1-14(25(35)31-17-4-6-20(29)21(30)12-17)9-23(19)41(38,39)18-10-15-2-3-16(11-18)27(15,37)24(34)22(33)13-32-7-8-40-26(32)36/h1,4-6,9,12,15-16,18,22,24,33-34,37H,2-3,7-8,10-11,13H2,(H,31,35)/t15-,16+,18-,22?,24?,27-. The number of nitrogens with zero attached hydrogens (tertiary/aromatic N) is 1. The monoisotopic (exact) mass is 614 g/mol. The third kappa shape index (κ3) is 5.41. The highest BCUT2D eigenvalue weighted by Crippen LogP contribution is 2.54. The van der Waals surface area contributed by atoms with Gasteiger partial charge in [-0.25, -0.2) is 22.0 Å². The number of carbonyl (C=O) groups is 2. The smallest absolute Gasteiger partial charge is 0.410 e. The molecule has 2 unspecified atom stereocenters. The van der Waals surface area contributed by atoms with Gasteiger partial charge in [0.1, 0.15) is 18.8 Å². The number of sulfone groups is 1. The van der Waals surface area contributed by atoms with Gasteiger partial charge in [-0.15, -0.1) is 0 Å². The number of carbonyl (C=O) groups excluding carboxylic acids is 2. The van der Waals surface area contributed by atoms with Gasteiger partial charge in [0.15, 0.2) is 21.5 Å². The van der Waals surface area contributed by atoms with E-state index in [1.54, 1.807) is 0 Å². The number of aliphatic hydroxyl groups excluding tert-OH is 2. The molecule has 2 amide bonds. The number of benzene rings is 2. The Morgan fingerprint density at radius 1 is 1.12 bits per heavy atom. The summed E-state index contributed by atoms with van der Waals surface area (Å²) in [5.41, 5.74) is -1.86. The second-order valence-corrected chi connectivity index (χ2v) is 13.4. The molecule has 222 valence electrons. The Morgan fingerprint density at radius 3 is 2.41 bits per heavy atom. The molecule has 2 bridgehead atoms. The van der Waals surface area contributed by atoms with Crippen LogP contribution in [-0.4, -0.2) is 83.4 Å². The normalized spacial score (nSPS) is 27.4. The molecule has 2 aliphatic carbocycles. The minimum atomic E-state index is -4.13. The fourth-order valence-corrected chi connectivity index (χ4v) is 8.73. The molecule has 0 spiro atoms. The van der Waals surface area contributed by atoms with Gasteiger partial charge in [-0.1, -0.05) is 11.6 Å². The summed E-state index contributed by atoms with van der Waals surface area (Å²) < 4.78 is 59.1. The Kier molecular flexibility index (Phi) is 8.03. The van der Waals surface area contributed by atoms with E-state index >= 15 is 0 Å². The van der Waals surface area contributed by atoms with Gasteiger partial charge in [0.2, 0.25) is 0 Å². The molecule has 6 atom stereocenters. The van der Waals surface area contributed by atoms with E-state index in [1.807, 2.05) is 0 Å². The van der Waals surface area contributed by atoms with Gasteiger partial charge in [-0.2, -0.15) is 0 Å². The minimum absolute atomic E-state index is 0.0214. The largest absolute Gasteiger partial charge is 0.448 e. The maximum absolute atomic E-state index is 13.8. The molecular weight excluding hydrogens is 586 g/mol. The van der Waals surface area contributed by atoms with Crippen molar-refractivity contribution >= 4 is 39.1 Å². The van der Waals surface area contributed by atoms with Crippen molar-refractivity contribution in [1.29, 1.82) is 0 Å². The number of aliphatic hydroxyl groups is 3. The van der Waals surface area contributed by atoms with E-state index in [4.69, 9.17) is 16.3 Å². The second kappa shape index (κ2) is 11.1. The van der Waals surface area contributed by atoms with E-state index in [2.05, 4.69) is 5.32 Å². The van der Waals surface area contributed by atoms with Crippen molar-refractivity contribution in [3.63, 3.8) is 0 Å². The number of halogens is 3. The van der Waals surface area contributed by atoms with Crippen molar-refractivity contribution in [2.75, 3.05) is 25.0 Å². The molecule has 5 rings (SSSR count). The van der Waals surface area contributed by atoms with Gasteiger partial charge in [0, 0.05) is 17.3 Å². The number of anilines is 1. The van der Waals surface area contributed by atoms with Gasteiger partial charge < -0.3 is 30.3 Å². The van der Waals surface area contributed by atoms with E-state index in [9.17, 15) is 42.1 Å². The summed E-state index contributed by atoms with van der Waals surface area (Å²) in [6.45, 7) is 0.165. The third-order valence-corrected chi connectivity index (χ3v) is 11.1. The Bertz CT molecular complexity index is 1460. The summed E-state index contributed by atoms with van der Waals surface area (Å²) >= 11 is 6.27. The molecule has 2 aromatic rings. The SMILES string of the molecule is O=C(Nc1ccc(F)c(F)c1)c1ccc(Cl)c(S(=O)(=O)[C@@H]2C[C@H]3CC[C@@H](C2)[C@@]3(O)C(O)C(O)CN2CCOC2=O)c1. The molecule has 1 heterocycles. The third-order valence-electron chi connectivity index (χ3n) is 8.47. The van der Waals surface area contributed by atoms with Crippen molar-refractivity contribution in [3.05, 3.63) is 58.6 Å². The number of fused-ring (bicyclic) bond motifs is 2. The zero-order chi connectivity index (χ0) is 29.7. The second-order valence-electron chi connectivity index (χ2n) is 10.8. The van der Waals surface area contributed by atoms with Crippen LogP contribution in [0.15, 0.2) is 41.3 Å². The van der Waals surface area contributed by atoms with Gasteiger partial charge in [-0.3, -0.25) is 4.79 Å². The molecule has 4 N–H and O–H groups in total. The van der Waals surface area contributed by atoms with Crippen molar-refractivity contribution < 1.29 is 46.8 Å². The van der Waals surface area contributed by atoms with Gasteiger partial charge in [0.25, 0.3) is 5.91 Å². The van der Waals surface area contributed by atoms with E-state index in [0.29, 0.717) is 12.8 Å². The highest BCUT2D eigenvalue weighted by molar-refractivity contribution is 7.92. The molecule has 10 nitrogen and oxygen atoms in total. The highest BCUT2D eigenvalue weighted by atomic mass is 35.5.